The first kappa shape index (κ1) is 32.3. The summed E-state index contributed by atoms with van der Waals surface area (Å²) >= 11 is 0. The summed E-state index contributed by atoms with van der Waals surface area (Å²) in [5.74, 6) is -7.15. The van der Waals surface area contributed by atoms with Gasteiger partial charge in [-0.1, -0.05) is 91.0 Å². The minimum absolute atomic E-state index is 0.189. The number of hydrogen-bond donors (Lipinski definition) is 4. The van der Waals surface area contributed by atoms with E-state index in [1.54, 1.807) is 0 Å². The molecule has 49 heavy (non-hydrogen) atoms. The lowest BCUT2D eigenvalue weighted by Crippen LogP contribution is -2.52. The molecular weight excluding hydrogens is 628 g/mol. The lowest BCUT2D eigenvalue weighted by Gasteiger charge is -2.37. The minimum atomic E-state index is -1.79. The summed E-state index contributed by atoms with van der Waals surface area (Å²) in [5.41, 5.74) is -0.299. The molecule has 0 aromatic heterocycles. The Hall–Kier alpha value is -6.62. The first-order valence-corrected chi connectivity index (χ1v) is 15.2. The highest BCUT2D eigenvalue weighted by molar-refractivity contribution is 6.30. The van der Waals surface area contributed by atoms with E-state index in [1.165, 1.54) is 0 Å². The van der Waals surface area contributed by atoms with Gasteiger partial charge in [-0.25, -0.2) is 14.4 Å². The summed E-state index contributed by atoms with van der Waals surface area (Å²) in [7, 11) is 0. The maximum atomic E-state index is 13.9. The number of benzene rings is 5. The zero-order valence-electron chi connectivity index (χ0n) is 25.7. The number of aliphatic carboxylic acids is 1. The first-order chi connectivity index (χ1) is 23.6. The number of carboxylic acid groups (broad SMARTS) is 3. The Bertz CT molecular complexity index is 1980. The summed E-state index contributed by atoms with van der Waals surface area (Å²) in [4.78, 5) is 78.6. The number of aromatic carboxylic acids is 2. The van der Waals surface area contributed by atoms with Gasteiger partial charge >= 0.3 is 17.9 Å². The van der Waals surface area contributed by atoms with Gasteiger partial charge in [0.15, 0.2) is 0 Å². The fourth-order valence-corrected chi connectivity index (χ4v) is 6.53. The number of imide groups is 1. The maximum Gasteiger partial charge on any atom is 0.336 e. The van der Waals surface area contributed by atoms with Gasteiger partial charge in [-0.2, -0.15) is 0 Å². The molecule has 0 fully saturated rings. The molecule has 5 aromatic carbocycles. The highest BCUT2D eigenvalue weighted by Crippen LogP contribution is 2.38. The zero-order valence-corrected chi connectivity index (χ0v) is 25.7. The second-order valence-electron chi connectivity index (χ2n) is 11.5. The van der Waals surface area contributed by atoms with Gasteiger partial charge in [0.2, 0.25) is 5.91 Å². The highest BCUT2D eigenvalue weighted by Gasteiger charge is 2.43. The van der Waals surface area contributed by atoms with Crippen molar-refractivity contribution in [1.82, 2.24) is 10.2 Å². The normalized spacial score (nSPS) is 13.2. The van der Waals surface area contributed by atoms with Crippen LogP contribution >= 0.6 is 0 Å². The van der Waals surface area contributed by atoms with Crippen LogP contribution < -0.4 is 5.32 Å². The Labute approximate surface area is 279 Å². The van der Waals surface area contributed by atoms with Crippen molar-refractivity contribution in [3.8, 4) is 0 Å². The molecule has 11 nitrogen and oxygen atoms in total. The third kappa shape index (κ3) is 5.57. The monoisotopic (exact) mass is 656 g/mol. The molecule has 0 saturated heterocycles. The van der Waals surface area contributed by atoms with Crippen LogP contribution in [0.4, 0.5) is 0 Å². The fraction of sp³-hybridized carbons (Fsp3) is 0.105. The molecule has 11 heteroatoms. The SMILES string of the molecule is O=C(CC[C@@H](C(=O)O)N1C(=O)c2ccc(C(=O)O)c3c(C(=O)O)ccc(c23)C1=O)NC(c1ccccc1)(c1ccccc1)c1ccccc1. The quantitative estimate of drug-likeness (QED) is 0.110. The van der Waals surface area contributed by atoms with Crippen LogP contribution in [0.1, 0.15) is 71.0 Å². The van der Waals surface area contributed by atoms with Gasteiger partial charge in [0, 0.05) is 28.3 Å². The average Bonchev–Trinajstić information content (AvgIpc) is 3.11. The molecule has 6 rings (SSSR count). The van der Waals surface area contributed by atoms with Crippen LogP contribution in [0.15, 0.2) is 115 Å². The molecule has 0 bridgehead atoms. The van der Waals surface area contributed by atoms with E-state index in [9.17, 15) is 44.1 Å². The third-order valence-electron chi connectivity index (χ3n) is 8.71. The van der Waals surface area contributed by atoms with Crippen LogP contribution in [0.5, 0.6) is 0 Å². The molecule has 3 amide bonds. The molecule has 1 heterocycles. The summed E-state index contributed by atoms with van der Waals surface area (Å²) in [6.07, 6.45) is -0.855. The standard InChI is InChI=1S/C38H28N2O9/c41-30(39-38(22-10-4-1-5-11-22,23-12-6-2-7-13-23)24-14-8-3-9-15-24)21-20-29(37(48)49)40-33(42)25-16-18-27(35(44)45)32-28(36(46)47)19-17-26(31(25)32)34(40)43/h1-19,29H,20-21H2,(H,39,41)(H,44,45)(H,46,47)(H,48,49)/t29-/m0/s1. The second kappa shape index (κ2) is 12.9. The van der Waals surface area contributed by atoms with E-state index < -0.39 is 71.2 Å². The van der Waals surface area contributed by atoms with E-state index >= 15 is 0 Å². The number of carbonyl (C=O) groups excluding carboxylic acids is 3. The minimum Gasteiger partial charge on any atom is -0.480 e. The number of nitrogens with zero attached hydrogens (tertiary/aromatic N) is 1. The molecule has 5 aromatic rings. The van der Waals surface area contributed by atoms with Gasteiger partial charge < -0.3 is 20.6 Å². The molecule has 0 radical (unpaired) electrons. The molecule has 1 aliphatic heterocycles. The topological polar surface area (TPSA) is 178 Å². The van der Waals surface area contributed by atoms with Gasteiger partial charge in [-0.15, -0.1) is 0 Å². The van der Waals surface area contributed by atoms with Gasteiger partial charge in [0.25, 0.3) is 11.8 Å². The van der Waals surface area contributed by atoms with Crippen LogP contribution in [-0.4, -0.2) is 61.9 Å². The summed E-state index contributed by atoms with van der Waals surface area (Å²) in [6.45, 7) is 0. The Morgan fingerprint density at radius 3 is 1.37 bits per heavy atom. The van der Waals surface area contributed by atoms with Gasteiger partial charge in [0.1, 0.15) is 11.6 Å². The predicted octanol–water partition coefficient (Wildman–Crippen LogP) is 5.17. The number of rotatable bonds is 11. The third-order valence-corrected chi connectivity index (χ3v) is 8.71. The van der Waals surface area contributed by atoms with E-state index in [4.69, 9.17) is 0 Å². The van der Waals surface area contributed by atoms with E-state index in [-0.39, 0.29) is 21.9 Å². The first-order valence-electron chi connectivity index (χ1n) is 15.2. The summed E-state index contributed by atoms with van der Waals surface area (Å²) in [5, 5.41) is 32.4. The van der Waals surface area contributed by atoms with Crippen molar-refractivity contribution in [2.45, 2.75) is 24.4 Å². The molecule has 244 valence electrons. The van der Waals surface area contributed by atoms with E-state index in [2.05, 4.69) is 5.32 Å². The Morgan fingerprint density at radius 1 is 0.592 bits per heavy atom. The van der Waals surface area contributed by atoms with Crippen LogP contribution in [0.3, 0.4) is 0 Å². The molecule has 1 atom stereocenters. The fourth-order valence-electron chi connectivity index (χ4n) is 6.53. The average molecular weight is 657 g/mol. The van der Waals surface area contributed by atoms with Gasteiger partial charge in [-0.05, 0) is 47.4 Å². The Morgan fingerprint density at radius 2 is 1.00 bits per heavy atom. The highest BCUT2D eigenvalue weighted by atomic mass is 16.4. The molecule has 0 saturated carbocycles. The van der Waals surface area contributed by atoms with Crippen molar-refractivity contribution in [3.63, 3.8) is 0 Å². The van der Waals surface area contributed by atoms with Crippen LogP contribution in [0.25, 0.3) is 10.8 Å². The number of carboxylic acids is 3. The Kier molecular flexibility index (Phi) is 8.50. The van der Waals surface area contributed by atoms with Crippen molar-refractivity contribution in [3.05, 3.63) is 154 Å². The van der Waals surface area contributed by atoms with Gasteiger partial charge in [-0.3, -0.25) is 19.3 Å². The van der Waals surface area contributed by atoms with Crippen LogP contribution in [0.2, 0.25) is 0 Å². The number of carbonyl (C=O) groups is 6. The zero-order chi connectivity index (χ0) is 34.9. The predicted molar refractivity (Wildman–Crippen MR) is 176 cm³/mol. The van der Waals surface area contributed by atoms with Crippen molar-refractivity contribution < 1.29 is 44.1 Å². The van der Waals surface area contributed by atoms with Crippen molar-refractivity contribution in [1.29, 1.82) is 0 Å². The second-order valence-corrected chi connectivity index (χ2v) is 11.5. The van der Waals surface area contributed by atoms with Crippen molar-refractivity contribution in [2.75, 3.05) is 0 Å². The van der Waals surface area contributed by atoms with E-state index in [1.807, 2.05) is 91.0 Å². The molecule has 0 aliphatic carbocycles. The molecule has 0 spiro atoms. The Balaban J connectivity index is 1.36. The van der Waals surface area contributed by atoms with E-state index in [0.29, 0.717) is 4.90 Å². The van der Waals surface area contributed by atoms with Crippen LogP contribution in [0, 0.1) is 0 Å². The van der Waals surface area contributed by atoms with Crippen LogP contribution in [-0.2, 0) is 15.1 Å². The van der Waals surface area contributed by atoms with Gasteiger partial charge in [0.05, 0.1) is 11.1 Å². The number of hydrogen-bond acceptors (Lipinski definition) is 6. The summed E-state index contributed by atoms with van der Waals surface area (Å²) < 4.78 is 0. The maximum absolute atomic E-state index is 13.9. The lowest BCUT2D eigenvalue weighted by molar-refractivity contribution is -0.142. The smallest absolute Gasteiger partial charge is 0.336 e. The number of amides is 3. The van der Waals surface area contributed by atoms with Crippen molar-refractivity contribution in [2.24, 2.45) is 0 Å². The van der Waals surface area contributed by atoms with Crippen molar-refractivity contribution >= 4 is 46.4 Å². The largest absolute Gasteiger partial charge is 0.480 e. The summed E-state index contributed by atoms with van der Waals surface area (Å²) in [6, 6.07) is 30.4. The lowest BCUT2D eigenvalue weighted by atomic mass is 9.77. The molecule has 4 N–H and O–H groups in total. The molecular formula is C38H28N2O9. The number of nitrogens with one attached hydrogen (secondary N) is 1. The molecule has 0 unspecified atom stereocenters. The molecule has 1 aliphatic rings. The van der Waals surface area contributed by atoms with E-state index in [0.717, 1.165) is 41.0 Å².